The molecule has 0 N–H and O–H groups in total. The van der Waals surface area contributed by atoms with Gasteiger partial charge in [0.25, 0.3) is 0 Å². The summed E-state index contributed by atoms with van der Waals surface area (Å²) in [5.74, 6) is 0. The van der Waals surface area contributed by atoms with Gasteiger partial charge in [-0.1, -0.05) is 6.92 Å². The first-order chi connectivity index (χ1) is 5.79. The second-order valence-corrected chi connectivity index (χ2v) is 3.68. The lowest BCUT2D eigenvalue weighted by Gasteiger charge is -2.26. The van der Waals surface area contributed by atoms with Crippen molar-refractivity contribution in [1.82, 2.24) is 4.90 Å². The number of nitriles is 1. The zero-order valence-corrected chi connectivity index (χ0v) is 8.08. The Balaban J connectivity index is 2.35. The molecule has 0 amide bonds. The smallest absolute Gasteiger partial charge is 0.0638 e. The standard InChI is InChI=1S/C10H18N2/c1-3-8-12(10-4-5-10)9(2)6-7-11/h9-10H,3-6,8H2,1-2H3. The summed E-state index contributed by atoms with van der Waals surface area (Å²) in [4.78, 5) is 2.49. The lowest BCUT2D eigenvalue weighted by atomic mass is 10.2. The Morgan fingerprint density at radius 2 is 2.25 bits per heavy atom. The third kappa shape index (κ3) is 2.49. The normalized spacial score (nSPS) is 19.2. The second kappa shape index (κ2) is 4.47. The summed E-state index contributed by atoms with van der Waals surface area (Å²) in [7, 11) is 0. The van der Waals surface area contributed by atoms with Crippen LogP contribution in [-0.2, 0) is 0 Å². The van der Waals surface area contributed by atoms with Crippen LogP contribution in [0.1, 0.15) is 39.5 Å². The van der Waals surface area contributed by atoms with Crippen molar-refractivity contribution in [1.29, 1.82) is 5.26 Å². The molecule has 0 spiro atoms. The Labute approximate surface area is 75.2 Å². The highest BCUT2D eigenvalue weighted by atomic mass is 15.2. The van der Waals surface area contributed by atoms with E-state index < -0.39 is 0 Å². The molecule has 12 heavy (non-hydrogen) atoms. The average Bonchev–Trinajstić information content (AvgIpc) is 2.83. The maximum atomic E-state index is 8.58. The molecule has 0 aromatic rings. The molecular weight excluding hydrogens is 148 g/mol. The second-order valence-electron chi connectivity index (χ2n) is 3.68. The SMILES string of the molecule is CCCN(C(C)CC#N)C1CC1. The maximum absolute atomic E-state index is 8.58. The first kappa shape index (κ1) is 9.54. The molecule has 1 aliphatic carbocycles. The molecule has 2 nitrogen and oxygen atoms in total. The topological polar surface area (TPSA) is 27.0 Å². The molecule has 1 fully saturated rings. The van der Waals surface area contributed by atoms with Gasteiger partial charge in [-0.05, 0) is 32.7 Å². The van der Waals surface area contributed by atoms with Crippen LogP contribution in [0.5, 0.6) is 0 Å². The van der Waals surface area contributed by atoms with Crippen molar-refractivity contribution in [3.8, 4) is 6.07 Å². The minimum absolute atomic E-state index is 0.461. The zero-order chi connectivity index (χ0) is 8.97. The van der Waals surface area contributed by atoms with E-state index in [1.54, 1.807) is 0 Å². The summed E-state index contributed by atoms with van der Waals surface area (Å²) < 4.78 is 0. The van der Waals surface area contributed by atoms with Crippen LogP contribution < -0.4 is 0 Å². The first-order valence-electron chi connectivity index (χ1n) is 4.92. The van der Waals surface area contributed by atoms with E-state index in [0.29, 0.717) is 12.5 Å². The monoisotopic (exact) mass is 166 g/mol. The molecule has 1 unspecified atom stereocenters. The van der Waals surface area contributed by atoms with Crippen molar-refractivity contribution in [2.45, 2.75) is 51.6 Å². The number of hydrogen-bond donors (Lipinski definition) is 0. The van der Waals surface area contributed by atoms with E-state index >= 15 is 0 Å². The van der Waals surface area contributed by atoms with Gasteiger partial charge in [0.1, 0.15) is 0 Å². The van der Waals surface area contributed by atoms with Crippen molar-refractivity contribution in [2.24, 2.45) is 0 Å². The number of rotatable bonds is 5. The van der Waals surface area contributed by atoms with Crippen molar-refractivity contribution >= 4 is 0 Å². The number of nitrogens with zero attached hydrogens (tertiary/aromatic N) is 2. The minimum Gasteiger partial charge on any atom is -0.297 e. The van der Waals surface area contributed by atoms with E-state index in [1.807, 2.05) is 0 Å². The van der Waals surface area contributed by atoms with Crippen molar-refractivity contribution in [2.75, 3.05) is 6.54 Å². The molecular formula is C10H18N2. The fraction of sp³-hybridized carbons (Fsp3) is 0.900. The van der Waals surface area contributed by atoms with Gasteiger partial charge in [0.2, 0.25) is 0 Å². The number of hydrogen-bond acceptors (Lipinski definition) is 2. The van der Waals surface area contributed by atoms with Gasteiger partial charge in [0.15, 0.2) is 0 Å². The molecule has 68 valence electrons. The van der Waals surface area contributed by atoms with Crippen LogP contribution in [-0.4, -0.2) is 23.5 Å². The van der Waals surface area contributed by atoms with E-state index in [-0.39, 0.29) is 0 Å². The highest BCUT2D eigenvalue weighted by Gasteiger charge is 2.31. The van der Waals surface area contributed by atoms with E-state index in [0.717, 1.165) is 12.6 Å². The molecule has 2 heteroatoms. The largest absolute Gasteiger partial charge is 0.297 e. The van der Waals surface area contributed by atoms with Crippen LogP contribution in [0.15, 0.2) is 0 Å². The average molecular weight is 166 g/mol. The summed E-state index contributed by atoms with van der Waals surface area (Å²) in [6.07, 6.45) is 4.56. The van der Waals surface area contributed by atoms with Crippen LogP contribution in [0.25, 0.3) is 0 Å². The minimum atomic E-state index is 0.461. The van der Waals surface area contributed by atoms with Crippen LogP contribution in [0.4, 0.5) is 0 Å². The van der Waals surface area contributed by atoms with Crippen LogP contribution in [0.3, 0.4) is 0 Å². The van der Waals surface area contributed by atoms with E-state index in [1.165, 1.54) is 19.3 Å². The van der Waals surface area contributed by atoms with E-state index in [2.05, 4.69) is 24.8 Å². The Bertz CT molecular complexity index is 167. The van der Waals surface area contributed by atoms with Gasteiger partial charge in [0, 0.05) is 12.1 Å². The summed E-state index contributed by atoms with van der Waals surface area (Å²) in [6, 6.07) is 3.51. The van der Waals surface area contributed by atoms with E-state index in [9.17, 15) is 0 Å². The Kier molecular flexibility index (Phi) is 3.55. The fourth-order valence-corrected chi connectivity index (χ4v) is 1.68. The molecule has 0 saturated heterocycles. The fourth-order valence-electron chi connectivity index (χ4n) is 1.68. The maximum Gasteiger partial charge on any atom is 0.0638 e. The van der Waals surface area contributed by atoms with Gasteiger partial charge in [-0.25, -0.2) is 0 Å². The molecule has 1 saturated carbocycles. The summed E-state index contributed by atoms with van der Waals surface area (Å²) in [6.45, 7) is 5.53. The quantitative estimate of drug-likeness (QED) is 0.626. The molecule has 0 bridgehead atoms. The van der Waals surface area contributed by atoms with Crippen molar-refractivity contribution in [3.05, 3.63) is 0 Å². The molecule has 1 rings (SSSR count). The van der Waals surface area contributed by atoms with Gasteiger partial charge in [-0.15, -0.1) is 0 Å². The first-order valence-corrected chi connectivity index (χ1v) is 4.92. The summed E-state index contributed by atoms with van der Waals surface area (Å²) in [5, 5.41) is 8.58. The van der Waals surface area contributed by atoms with Crippen molar-refractivity contribution < 1.29 is 0 Å². The predicted molar refractivity (Wildman–Crippen MR) is 49.7 cm³/mol. The highest BCUT2D eigenvalue weighted by molar-refractivity contribution is 4.90. The Morgan fingerprint density at radius 1 is 1.58 bits per heavy atom. The lowest BCUT2D eigenvalue weighted by Crippen LogP contribution is -2.35. The van der Waals surface area contributed by atoms with Gasteiger partial charge < -0.3 is 0 Å². The lowest BCUT2D eigenvalue weighted by molar-refractivity contribution is 0.201. The molecule has 1 aliphatic rings. The van der Waals surface area contributed by atoms with Crippen LogP contribution in [0.2, 0.25) is 0 Å². The Hall–Kier alpha value is -0.550. The molecule has 0 aliphatic heterocycles. The molecule has 1 atom stereocenters. The van der Waals surface area contributed by atoms with Gasteiger partial charge >= 0.3 is 0 Å². The van der Waals surface area contributed by atoms with Gasteiger partial charge in [-0.3, -0.25) is 4.90 Å². The molecule has 0 aromatic heterocycles. The molecule has 0 aromatic carbocycles. The molecule has 0 heterocycles. The summed E-state index contributed by atoms with van der Waals surface area (Å²) >= 11 is 0. The van der Waals surface area contributed by atoms with Gasteiger partial charge in [-0.2, -0.15) is 5.26 Å². The highest BCUT2D eigenvalue weighted by Crippen LogP contribution is 2.29. The third-order valence-electron chi connectivity index (χ3n) is 2.45. The van der Waals surface area contributed by atoms with Gasteiger partial charge in [0.05, 0.1) is 12.5 Å². The van der Waals surface area contributed by atoms with Crippen molar-refractivity contribution in [3.63, 3.8) is 0 Å². The molecule has 0 radical (unpaired) electrons. The Morgan fingerprint density at radius 3 is 2.67 bits per heavy atom. The zero-order valence-electron chi connectivity index (χ0n) is 8.08. The summed E-state index contributed by atoms with van der Waals surface area (Å²) in [5.41, 5.74) is 0. The van der Waals surface area contributed by atoms with Crippen LogP contribution in [0, 0.1) is 11.3 Å². The van der Waals surface area contributed by atoms with Crippen LogP contribution >= 0.6 is 0 Å². The van der Waals surface area contributed by atoms with E-state index in [4.69, 9.17) is 5.26 Å². The third-order valence-corrected chi connectivity index (χ3v) is 2.45. The predicted octanol–water partition coefficient (Wildman–Crippen LogP) is 2.16.